The molecule has 1 aromatic carbocycles. The second-order valence-corrected chi connectivity index (χ2v) is 4.58. The molecule has 1 rings (SSSR count). The molecule has 0 spiro atoms. The van der Waals surface area contributed by atoms with E-state index in [0.29, 0.717) is 6.42 Å². The summed E-state index contributed by atoms with van der Waals surface area (Å²) in [4.78, 5) is 0. The van der Waals surface area contributed by atoms with Gasteiger partial charge in [-0.15, -0.1) is 0 Å². The van der Waals surface area contributed by atoms with Crippen LogP contribution in [0.1, 0.15) is 31.9 Å². The molecule has 0 radical (unpaired) electrons. The van der Waals surface area contributed by atoms with Crippen LogP contribution in [0.2, 0.25) is 5.02 Å². The maximum absolute atomic E-state index is 8.49. The first-order chi connectivity index (χ1) is 8.02. The summed E-state index contributed by atoms with van der Waals surface area (Å²) >= 11 is 5.93. The largest absolute Gasteiger partial charge is 0.409 e. The van der Waals surface area contributed by atoms with E-state index < -0.39 is 0 Å². The molecule has 4 N–H and O–H groups in total. The number of hydrogen-bond donors (Lipinski definition) is 3. The number of halogens is 1. The van der Waals surface area contributed by atoms with Crippen molar-refractivity contribution in [3.05, 3.63) is 34.9 Å². The van der Waals surface area contributed by atoms with Crippen LogP contribution in [0.15, 0.2) is 29.4 Å². The number of oxime groups is 1. The highest BCUT2D eigenvalue weighted by Gasteiger charge is 2.11. The van der Waals surface area contributed by atoms with Crippen molar-refractivity contribution in [3.8, 4) is 0 Å². The third-order valence-electron chi connectivity index (χ3n) is 2.53. The lowest BCUT2D eigenvalue weighted by molar-refractivity contribution is 0.315. The Labute approximate surface area is 106 Å². The standard InChI is InChI=1S/C12H18ClN3O/c1-8(6-12(14)16-17)15-9(2)10-4-3-5-11(13)7-10/h3-5,7-9,15,17H,6H2,1-2H3,(H2,14,16)/t8?,9-/m1/s1. The summed E-state index contributed by atoms with van der Waals surface area (Å²) in [7, 11) is 0. The van der Waals surface area contributed by atoms with Gasteiger partial charge in [0.15, 0.2) is 0 Å². The van der Waals surface area contributed by atoms with Crippen molar-refractivity contribution in [2.24, 2.45) is 10.9 Å². The van der Waals surface area contributed by atoms with Crippen molar-refractivity contribution in [3.63, 3.8) is 0 Å². The molecule has 1 unspecified atom stereocenters. The summed E-state index contributed by atoms with van der Waals surface area (Å²) in [5.41, 5.74) is 6.57. The normalized spacial score (nSPS) is 15.6. The fourth-order valence-corrected chi connectivity index (χ4v) is 1.91. The SMILES string of the molecule is CC(C/C(N)=N/O)N[C@H](C)c1cccc(Cl)c1. The van der Waals surface area contributed by atoms with Gasteiger partial charge < -0.3 is 16.3 Å². The fraction of sp³-hybridized carbons (Fsp3) is 0.417. The number of amidine groups is 1. The lowest BCUT2D eigenvalue weighted by atomic mass is 10.1. The van der Waals surface area contributed by atoms with Gasteiger partial charge in [0.2, 0.25) is 0 Å². The van der Waals surface area contributed by atoms with Crippen molar-refractivity contribution in [2.45, 2.75) is 32.4 Å². The third-order valence-corrected chi connectivity index (χ3v) is 2.76. The maximum atomic E-state index is 8.49. The summed E-state index contributed by atoms with van der Waals surface area (Å²) in [6.07, 6.45) is 0.501. The molecule has 5 heteroatoms. The quantitative estimate of drug-likeness (QED) is 0.328. The van der Waals surface area contributed by atoms with E-state index in [1.165, 1.54) is 0 Å². The first-order valence-corrected chi connectivity index (χ1v) is 5.88. The van der Waals surface area contributed by atoms with Crippen LogP contribution in [-0.2, 0) is 0 Å². The Bertz CT molecular complexity index is 395. The molecule has 0 saturated carbocycles. The smallest absolute Gasteiger partial charge is 0.140 e. The van der Waals surface area contributed by atoms with Crippen LogP contribution >= 0.6 is 11.6 Å². The summed E-state index contributed by atoms with van der Waals surface area (Å²) in [6.45, 7) is 4.04. The lowest BCUT2D eigenvalue weighted by Gasteiger charge is -2.20. The van der Waals surface area contributed by atoms with Crippen LogP contribution < -0.4 is 11.1 Å². The molecule has 4 nitrogen and oxygen atoms in total. The molecule has 0 amide bonds. The summed E-state index contributed by atoms with van der Waals surface area (Å²) in [6, 6.07) is 7.99. The minimum Gasteiger partial charge on any atom is -0.409 e. The van der Waals surface area contributed by atoms with Crippen LogP contribution in [-0.4, -0.2) is 17.1 Å². The predicted octanol–water partition coefficient (Wildman–Crippen LogP) is 2.52. The van der Waals surface area contributed by atoms with Gasteiger partial charge in [-0.1, -0.05) is 28.9 Å². The minimum absolute atomic E-state index is 0.125. The predicted molar refractivity (Wildman–Crippen MR) is 70.5 cm³/mol. The highest BCUT2D eigenvalue weighted by atomic mass is 35.5. The van der Waals surface area contributed by atoms with Crippen molar-refractivity contribution in [1.29, 1.82) is 0 Å². The zero-order valence-electron chi connectivity index (χ0n) is 10.0. The Hall–Kier alpha value is -1.26. The molecular formula is C12H18ClN3O. The number of rotatable bonds is 5. The summed E-state index contributed by atoms with van der Waals surface area (Å²) in [5, 5.41) is 15.5. The first-order valence-electron chi connectivity index (χ1n) is 5.51. The van der Waals surface area contributed by atoms with E-state index in [1.807, 2.05) is 31.2 Å². The minimum atomic E-state index is 0.125. The molecule has 0 aromatic heterocycles. The van der Waals surface area contributed by atoms with Gasteiger partial charge in [0, 0.05) is 23.5 Å². The number of benzene rings is 1. The lowest BCUT2D eigenvalue weighted by Crippen LogP contribution is -2.33. The number of hydrogen-bond acceptors (Lipinski definition) is 3. The van der Waals surface area contributed by atoms with E-state index in [1.54, 1.807) is 0 Å². The molecule has 17 heavy (non-hydrogen) atoms. The fourth-order valence-electron chi connectivity index (χ4n) is 1.71. The van der Waals surface area contributed by atoms with Crippen molar-refractivity contribution in [2.75, 3.05) is 0 Å². The average Bonchev–Trinajstić information content (AvgIpc) is 2.28. The Morgan fingerprint density at radius 1 is 1.53 bits per heavy atom. The Morgan fingerprint density at radius 2 is 2.24 bits per heavy atom. The van der Waals surface area contributed by atoms with Crippen LogP contribution in [0.5, 0.6) is 0 Å². The molecule has 2 atom stereocenters. The van der Waals surface area contributed by atoms with E-state index in [9.17, 15) is 0 Å². The Kier molecular flexibility index (Phi) is 5.25. The first kappa shape index (κ1) is 13.8. The average molecular weight is 256 g/mol. The molecule has 0 bridgehead atoms. The second-order valence-electron chi connectivity index (χ2n) is 4.14. The van der Waals surface area contributed by atoms with Gasteiger partial charge in [-0.2, -0.15) is 0 Å². The van der Waals surface area contributed by atoms with Gasteiger partial charge >= 0.3 is 0 Å². The van der Waals surface area contributed by atoms with Crippen LogP contribution in [0.25, 0.3) is 0 Å². The topological polar surface area (TPSA) is 70.6 Å². The van der Waals surface area contributed by atoms with Gasteiger partial charge in [0.05, 0.1) is 0 Å². The molecule has 0 fully saturated rings. The van der Waals surface area contributed by atoms with Crippen molar-refractivity contribution >= 4 is 17.4 Å². The third kappa shape index (κ3) is 4.63. The zero-order chi connectivity index (χ0) is 12.8. The molecule has 0 aliphatic rings. The van der Waals surface area contributed by atoms with Crippen molar-refractivity contribution in [1.82, 2.24) is 5.32 Å². The van der Waals surface area contributed by atoms with E-state index in [-0.39, 0.29) is 17.9 Å². The summed E-state index contributed by atoms with van der Waals surface area (Å²) in [5.74, 6) is 0.225. The van der Waals surface area contributed by atoms with Gasteiger partial charge in [-0.25, -0.2) is 0 Å². The molecule has 0 heterocycles. The maximum Gasteiger partial charge on any atom is 0.140 e. The number of nitrogens with two attached hydrogens (primary N) is 1. The van der Waals surface area contributed by atoms with E-state index >= 15 is 0 Å². The molecule has 0 aliphatic carbocycles. The Morgan fingerprint density at radius 3 is 2.82 bits per heavy atom. The number of nitrogens with zero attached hydrogens (tertiary/aromatic N) is 1. The Balaban J connectivity index is 2.57. The van der Waals surface area contributed by atoms with E-state index in [2.05, 4.69) is 17.4 Å². The molecule has 0 aliphatic heterocycles. The van der Waals surface area contributed by atoms with Crippen molar-refractivity contribution < 1.29 is 5.21 Å². The summed E-state index contributed by atoms with van der Waals surface area (Å²) < 4.78 is 0. The van der Waals surface area contributed by atoms with Gasteiger partial charge in [0.1, 0.15) is 5.84 Å². The van der Waals surface area contributed by atoms with Gasteiger partial charge in [-0.05, 0) is 31.5 Å². The van der Waals surface area contributed by atoms with Crippen LogP contribution in [0.3, 0.4) is 0 Å². The van der Waals surface area contributed by atoms with Crippen LogP contribution in [0, 0.1) is 0 Å². The van der Waals surface area contributed by atoms with E-state index in [0.717, 1.165) is 10.6 Å². The molecule has 0 saturated heterocycles. The van der Waals surface area contributed by atoms with Gasteiger partial charge in [0.25, 0.3) is 0 Å². The molecular weight excluding hydrogens is 238 g/mol. The van der Waals surface area contributed by atoms with Crippen LogP contribution in [0.4, 0.5) is 0 Å². The number of nitrogens with one attached hydrogen (secondary N) is 1. The van der Waals surface area contributed by atoms with Gasteiger partial charge in [-0.3, -0.25) is 0 Å². The molecule has 1 aromatic rings. The van der Waals surface area contributed by atoms with E-state index in [4.69, 9.17) is 22.5 Å². The molecule has 94 valence electrons. The second kappa shape index (κ2) is 6.47. The highest BCUT2D eigenvalue weighted by molar-refractivity contribution is 6.30. The monoisotopic (exact) mass is 255 g/mol. The highest BCUT2D eigenvalue weighted by Crippen LogP contribution is 2.18. The zero-order valence-corrected chi connectivity index (χ0v) is 10.8.